The van der Waals surface area contributed by atoms with Gasteiger partial charge in [0.25, 0.3) is 5.91 Å². The molecule has 0 aliphatic carbocycles. The van der Waals surface area contributed by atoms with Gasteiger partial charge in [-0.1, -0.05) is 60.4 Å². The van der Waals surface area contributed by atoms with Gasteiger partial charge in [0.1, 0.15) is 46.5 Å². The minimum Gasteiger partial charge on any atom is -0.487 e. The minimum atomic E-state index is -1.13. The van der Waals surface area contributed by atoms with Crippen molar-refractivity contribution in [1.82, 2.24) is 9.88 Å². The Morgan fingerprint density at radius 3 is 2.73 bits per heavy atom. The third kappa shape index (κ3) is 6.61. The molecule has 1 fully saturated rings. The number of hydrogen-bond acceptors (Lipinski definition) is 9. The first-order valence-corrected chi connectivity index (χ1v) is 14.3. The number of carboxylic acids is 1. The third-order valence-corrected chi connectivity index (χ3v) is 8.25. The van der Waals surface area contributed by atoms with Gasteiger partial charge in [0.2, 0.25) is 0 Å². The van der Waals surface area contributed by atoms with Gasteiger partial charge in [0, 0.05) is 22.9 Å². The summed E-state index contributed by atoms with van der Waals surface area (Å²) in [6.07, 6.45) is 3.24. The average molecular weight is 593 g/mol. The SMILES string of the molecule is Cc1ocnc1C(Cc1ccccc1)Oc1ccc(C=C2SC(=S)N(CC(=O)O)C2=O)c(OCc2cccs2)c1. The van der Waals surface area contributed by atoms with Gasteiger partial charge >= 0.3 is 5.97 Å². The normalized spacial score (nSPS) is 15.0. The molecule has 1 aliphatic heterocycles. The maximum absolute atomic E-state index is 12.9. The number of aryl methyl sites for hydroxylation is 1. The summed E-state index contributed by atoms with van der Waals surface area (Å²) in [7, 11) is 0. The van der Waals surface area contributed by atoms with Gasteiger partial charge in [-0.2, -0.15) is 0 Å². The first-order valence-electron chi connectivity index (χ1n) is 12.2. The molecule has 40 heavy (non-hydrogen) atoms. The Morgan fingerprint density at radius 2 is 2.02 bits per heavy atom. The molecular formula is C29H24N2O6S3. The standard InChI is InChI=1S/C29H24N2O6S3/c1-18-27(30-17-36-18)24(12-19-6-3-2-4-7-19)37-21-10-9-20(23(14-21)35-16-22-8-5-11-39-22)13-25-28(34)31(15-26(32)33)29(38)40-25/h2-11,13-14,17,24H,12,15-16H2,1H3,(H,32,33). The van der Waals surface area contributed by atoms with Gasteiger partial charge in [-0.3, -0.25) is 14.5 Å². The van der Waals surface area contributed by atoms with Crippen molar-refractivity contribution in [3.63, 3.8) is 0 Å². The van der Waals surface area contributed by atoms with E-state index in [-0.39, 0.29) is 4.32 Å². The van der Waals surface area contributed by atoms with Crippen LogP contribution in [0.2, 0.25) is 0 Å². The van der Waals surface area contributed by atoms with E-state index in [2.05, 4.69) is 4.98 Å². The van der Waals surface area contributed by atoms with Crippen LogP contribution in [0, 0.1) is 6.92 Å². The molecule has 2 aromatic carbocycles. The molecule has 4 aromatic rings. The van der Waals surface area contributed by atoms with Gasteiger partial charge in [-0.25, -0.2) is 4.98 Å². The third-order valence-electron chi connectivity index (χ3n) is 6.02. The number of thiocarbonyl (C=S) groups is 1. The van der Waals surface area contributed by atoms with Crippen LogP contribution >= 0.6 is 35.3 Å². The van der Waals surface area contributed by atoms with Crippen molar-refractivity contribution < 1.29 is 28.6 Å². The second kappa shape index (κ2) is 12.5. The lowest BCUT2D eigenvalue weighted by molar-refractivity contribution is -0.140. The molecular weight excluding hydrogens is 569 g/mol. The van der Waals surface area contributed by atoms with Gasteiger partial charge in [-0.15, -0.1) is 11.3 Å². The maximum Gasteiger partial charge on any atom is 0.323 e. The van der Waals surface area contributed by atoms with Gasteiger partial charge < -0.3 is 19.0 Å². The van der Waals surface area contributed by atoms with E-state index in [4.69, 9.17) is 31.2 Å². The Hall–Kier alpha value is -3.93. The largest absolute Gasteiger partial charge is 0.487 e. The number of carbonyl (C=O) groups excluding carboxylic acids is 1. The molecule has 5 rings (SSSR count). The van der Waals surface area contributed by atoms with Crippen molar-refractivity contribution >= 4 is 57.6 Å². The van der Waals surface area contributed by atoms with E-state index in [9.17, 15) is 9.59 Å². The summed E-state index contributed by atoms with van der Waals surface area (Å²) in [5, 5.41) is 11.1. The number of carbonyl (C=O) groups is 2. The quantitative estimate of drug-likeness (QED) is 0.159. The molecule has 0 saturated carbocycles. The number of nitrogens with zero attached hydrogens (tertiary/aromatic N) is 2. The van der Waals surface area contributed by atoms with Crippen molar-refractivity contribution in [2.45, 2.75) is 26.1 Å². The Bertz CT molecular complexity index is 1550. The van der Waals surface area contributed by atoms with Crippen LogP contribution in [0.5, 0.6) is 11.5 Å². The van der Waals surface area contributed by atoms with E-state index in [1.165, 1.54) is 6.39 Å². The summed E-state index contributed by atoms with van der Waals surface area (Å²) >= 11 is 7.88. The van der Waals surface area contributed by atoms with Crippen molar-refractivity contribution in [2.75, 3.05) is 6.54 Å². The van der Waals surface area contributed by atoms with Crippen LogP contribution in [-0.4, -0.2) is 37.7 Å². The van der Waals surface area contributed by atoms with E-state index < -0.39 is 24.5 Å². The average Bonchev–Trinajstić information content (AvgIpc) is 3.67. The monoisotopic (exact) mass is 592 g/mol. The van der Waals surface area contributed by atoms with Crippen LogP contribution < -0.4 is 9.47 Å². The number of benzene rings is 2. The number of aromatic nitrogens is 1. The molecule has 8 nitrogen and oxygen atoms in total. The maximum atomic E-state index is 12.9. The number of ether oxygens (including phenoxy) is 2. The minimum absolute atomic E-state index is 0.200. The number of thioether (sulfide) groups is 1. The highest BCUT2D eigenvalue weighted by molar-refractivity contribution is 8.26. The zero-order valence-corrected chi connectivity index (χ0v) is 23.8. The van der Waals surface area contributed by atoms with Crippen LogP contribution in [0.3, 0.4) is 0 Å². The Kier molecular flexibility index (Phi) is 8.63. The number of aliphatic carboxylic acids is 1. The molecule has 0 bridgehead atoms. The highest BCUT2D eigenvalue weighted by Gasteiger charge is 2.33. The fourth-order valence-electron chi connectivity index (χ4n) is 4.10. The number of rotatable bonds is 11. The van der Waals surface area contributed by atoms with E-state index in [1.54, 1.807) is 35.6 Å². The first kappa shape index (κ1) is 27.6. The molecule has 1 unspecified atom stereocenters. The second-order valence-electron chi connectivity index (χ2n) is 8.82. The molecule has 0 radical (unpaired) electrons. The highest BCUT2D eigenvalue weighted by atomic mass is 32.2. The van der Waals surface area contributed by atoms with Gasteiger partial charge in [-0.05, 0) is 42.1 Å². The molecule has 204 valence electrons. The van der Waals surface area contributed by atoms with Crippen LogP contribution in [0.1, 0.15) is 33.6 Å². The van der Waals surface area contributed by atoms with E-state index in [1.807, 2.05) is 54.8 Å². The van der Waals surface area contributed by atoms with E-state index in [0.717, 1.165) is 27.1 Å². The van der Waals surface area contributed by atoms with Crippen LogP contribution in [-0.2, 0) is 22.6 Å². The van der Waals surface area contributed by atoms with Crippen molar-refractivity contribution in [2.24, 2.45) is 0 Å². The van der Waals surface area contributed by atoms with Gasteiger partial charge in [0.05, 0.1) is 4.91 Å². The molecule has 0 spiro atoms. The molecule has 2 aromatic heterocycles. The number of amides is 1. The molecule has 1 aliphatic rings. The van der Waals surface area contributed by atoms with Crippen molar-refractivity contribution in [1.29, 1.82) is 0 Å². The molecule has 1 saturated heterocycles. The second-order valence-corrected chi connectivity index (χ2v) is 11.5. The summed E-state index contributed by atoms with van der Waals surface area (Å²) in [6, 6.07) is 19.3. The topological polar surface area (TPSA) is 102 Å². The number of carboxylic acid groups (broad SMARTS) is 1. The number of thiophene rings is 1. The smallest absolute Gasteiger partial charge is 0.323 e. The number of hydrogen-bond donors (Lipinski definition) is 1. The molecule has 3 heterocycles. The van der Waals surface area contributed by atoms with Crippen molar-refractivity contribution in [3.05, 3.63) is 105 Å². The Balaban J connectivity index is 1.45. The predicted octanol–water partition coefficient (Wildman–Crippen LogP) is 6.27. The Morgan fingerprint density at radius 1 is 1.20 bits per heavy atom. The van der Waals surface area contributed by atoms with E-state index >= 15 is 0 Å². The van der Waals surface area contributed by atoms with Crippen LogP contribution in [0.15, 0.2) is 81.8 Å². The molecule has 1 N–H and O–H groups in total. The van der Waals surface area contributed by atoms with Crippen molar-refractivity contribution in [3.8, 4) is 11.5 Å². The molecule has 11 heteroatoms. The summed E-state index contributed by atoms with van der Waals surface area (Å²) < 4.78 is 18.3. The van der Waals surface area contributed by atoms with Gasteiger partial charge in [0.15, 0.2) is 6.39 Å². The fourth-order valence-corrected chi connectivity index (χ4v) is 5.96. The highest BCUT2D eigenvalue weighted by Crippen LogP contribution is 2.37. The number of oxazole rings is 1. The Labute approximate surface area is 244 Å². The summed E-state index contributed by atoms with van der Waals surface area (Å²) in [4.78, 5) is 30.9. The lowest BCUT2D eigenvalue weighted by Crippen LogP contribution is -2.33. The first-order chi connectivity index (χ1) is 19.4. The molecule has 1 amide bonds. The summed E-state index contributed by atoms with van der Waals surface area (Å²) in [5.41, 5.74) is 2.43. The fraction of sp³-hybridized carbons (Fsp3) is 0.172. The lowest BCUT2D eigenvalue weighted by atomic mass is 10.0. The van der Waals surface area contributed by atoms with Crippen LogP contribution in [0.25, 0.3) is 6.08 Å². The lowest BCUT2D eigenvalue weighted by Gasteiger charge is -2.19. The summed E-state index contributed by atoms with van der Waals surface area (Å²) in [6.45, 7) is 1.70. The zero-order valence-electron chi connectivity index (χ0n) is 21.3. The molecule has 1 atom stereocenters. The predicted molar refractivity (Wildman–Crippen MR) is 157 cm³/mol. The van der Waals surface area contributed by atoms with E-state index in [0.29, 0.717) is 46.4 Å². The zero-order chi connectivity index (χ0) is 28.1. The van der Waals surface area contributed by atoms with Crippen LogP contribution in [0.4, 0.5) is 0 Å². The summed E-state index contributed by atoms with van der Waals surface area (Å²) in [5.74, 6) is 0.151.